The number of carbonyl (C=O) groups is 1. The molecule has 0 N–H and O–H groups in total. The number of hydrogen-bond acceptors (Lipinski definition) is 2. The molecule has 0 aromatic heterocycles. The van der Waals surface area contributed by atoms with E-state index in [1.807, 2.05) is 0 Å². The molecule has 0 aromatic carbocycles. The summed E-state index contributed by atoms with van der Waals surface area (Å²) in [5.74, 6) is -0.336. The van der Waals surface area contributed by atoms with Crippen LogP contribution < -0.4 is 0 Å². The van der Waals surface area contributed by atoms with Gasteiger partial charge in [-0.1, -0.05) is 51.5 Å². The van der Waals surface area contributed by atoms with Gasteiger partial charge in [-0.2, -0.15) is 0 Å². The first-order chi connectivity index (χ1) is 8.95. The van der Waals surface area contributed by atoms with E-state index in [1.165, 1.54) is 31.8 Å². The van der Waals surface area contributed by atoms with E-state index in [9.17, 15) is 4.79 Å². The Morgan fingerprint density at radius 1 is 0.947 bits per heavy atom. The van der Waals surface area contributed by atoms with E-state index in [1.54, 1.807) is 0 Å². The summed E-state index contributed by atoms with van der Waals surface area (Å²) in [6.07, 6.45) is 10.3. The minimum atomic E-state index is -2.39. The van der Waals surface area contributed by atoms with Crippen LogP contribution >= 0.6 is 33.2 Å². The van der Waals surface area contributed by atoms with E-state index in [4.69, 9.17) is 38.0 Å². The fourth-order valence-corrected chi connectivity index (χ4v) is 3.57. The van der Waals surface area contributed by atoms with Crippen LogP contribution in [0.4, 0.5) is 0 Å². The summed E-state index contributed by atoms with van der Waals surface area (Å²) in [6, 6.07) is -1.62. The van der Waals surface area contributed by atoms with Crippen molar-refractivity contribution in [3.63, 3.8) is 0 Å². The van der Waals surface area contributed by atoms with Crippen LogP contribution in [0.2, 0.25) is 6.04 Å². The van der Waals surface area contributed by atoms with Gasteiger partial charge in [0.15, 0.2) is 0 Å². The third kappa shape index (κ3) is 16.2. The third-order valence-corrected chi connectivity index (χ3v) is 5.39. The van der Waals surface area contributed by atoms with Gasteiger partial charge < -0.3 is 4.74 Å². The van der Waals surface area contributed by atoms with E-state index >= 15 is 0 Å². The predicted octanol–water partition coefficient (Wildman–Crippen LogP) is 5.49. The largest absolute Gasteiger partial charge is 0.463 e. The van der Waals surface area contributed by atoms with Crippen molar-refractivity contribution in [2.24, 2.45) is 0 Å². The molecule has 0 aliphatic heterocycles. The molecule has 112 valence electrons. The van der Waals surface area contributed by atoms with Gasteiger partial charge in [0.1, 0.15) is 0 Å². The van der Waals surface area contributed by atoms with Crippen molar-refractivity contribution in [1.82, 2.24) is 0 Å². The minimum Gasteiger partial charge on any atom is -0.463 e. The quantitative estimate of drug-likeness (QED) is 0.154. The maximum Gasteiger partial charge on any atom is 0.341 e. The number of halogens is 3. The van der Waals surface area contributed by atoms with Gasteiger partial charge in [0.2, 0.25) is 0 Å². The molecule has 2 nitrogen and oxygen atoms in total. The molecule has 0 aromatic rings. The lowest BCUT2D eigenvalue weighted by atomic mass is 10.1. The molecule has 0 spiro atoms. The zero-order chi connectivity index (χ0) is 14.6. The highest BCUT2D eigenvalue weighted by Gasteiger charge is 2.23. The maximum absolute atomic E-state index is 10.8. The second-order valence-electron chi connectivity index (χ2n) is 4.57. The molecule has 0 saturated carbocycles. The van der Waals surface area contributed by atoms with Crippen LogP contribution in [0.5, 0.6) is 0 Å². The zero-order valence-corrected chi connectivity index (χ0v) is 14.6. The number of carbonyl (C=O) groups excluding carboxylic acids is 1. The number of ether oxygens (including phenoxy) is 1. The van der Waals surface area contributed by atoms with Gasteiger partial charge in [0, 0.05) is 6.08 Å². The molecule has 0 unspecified atom stereocenters. The van der Waals surface area contributed by atoms with Gasteiger partial charge >= 0.3 is 12.0 Å². The molecule has 0 heterocycles. The van der Waals surface area contributed by atoms with Crippen LogP contribution in [0.15, 0.2) is 12.7 Å². The van der Waals surface area contributed by atoms with E-state index in [0.29, 0.717) is 6.61 Å². The smallest absolute Gasteiger partial charge is 0.341 e. The predicted molar refractivity (Wildman–Crippen MR) is 86.2 cm³/mol. The highest BCUT2D eigenvalue weighted by molar-refractivity contribution is 7.64. The molecule has 0 saturated heterocycles. The molecule has 0 atom stereocenters. The van der Waals surface area contributed by atoms with E-state index < -0.39 is 6.00 Å². The van der Waals surface area contributed by atoms with Crippen LogP contribution in [-0.2, 0) is 9.53 Å². The number of rotatable bonds is 12. The Morgan fingerprint density at radius 3 is 1.89 bits per heavy atom. The third-order valence-electron chi connectivity index (χ3n) is 2.77. The molecule has 0 aliphatic carbocycles. The maximum atomic E-state index is 10.8. The van der Waals surface area contributed by atoms with Gasteiger partial charge in [-0.15, -0.1) is 33.2 Å². The van der Waals surface area contributed by atoms with Gasteiger partial charge in [-0.05, 0) is 12.5 Å². The Balaban J connectivity index is 3.11. The lowest BCUT2D eigenvalue weighted by Crippen LogP contribution is -2.07. The van der Waals surface area contributed by atoms with Gasteiger partial charge in [0.05, 0.1) is 6.61 Å². The average molecular weight is 346 g/mol. The van der Waals surface area contributed by atoms with Crippen molar-refractivity contribution >= 4 is 45.2 Å². The van der Waals surface area contributed by atoms with Gasteiger partial charge in [-0.25, -0.2) is 4.79 Å². The van der Waals surface area contributed by atoms with Gasteiger partial charge in [0.25, 0.3) is 0 Å². The summed E-state index contributed by atoms with van der Waals surface area (Å²) in [5.41, 5.74) is 0. The van der Waals surface area contributed by atoms with Crippen molar-refractivity contribution in [3.8, 4) is 0 Å². The first-order valence-electron chi connectivity index (χ1n) is 6.81. The van der Waals surface area contributed by atoms with Crippen molar-refractivity contribution < 1.29 is 9.53 Å². The molecule has 0 radical (unpaired) electrons. The molecule has 0 rings (SSSR count). The van der Waals surface area contributed by atoms with Crippen molar-refractivity contribution in [2.45, 2.75) is 57.4 Å². The minimum absolute atomic E-state index is 0.336. The van der Waals surface area contributed by atoms with Crippen LogP contribution in [-0.4, -0.2) is 18.6 Å². The Labute approximate surface area is 131 Å². The SMILES string of the molecule is C=CC(=O)OCCCCCCCCCC[Si](Cl)(Cl)Cl. The lowest BCUT2D eigenvalue weighted by molar-refractivity contribution is -0.137. The topological polar surface area (TPSA) is 26.3 Å². The molecule has 19 heavy (non-hydrogen) atoms. The molecule has 6 heteroatoms. The number of hydrogen-bond donors (Lipinski definition) is 0. The first-order valence-corrected chi connectivity index (χ1v) is 12.1. The molecule has 0 amide bonds. The van der Waals surface area contributed by atoms with E-state index in [0.717, 1.165) is 31.7 Å². The van der Waals surface area contributed by atoms with Gasteiger partial charge in [-0.3, -0.25) is 0 Å². The Morgan fingerprint density at radius 2 is 1.42 bits per heavy atom. The average Bonchev–Trinajstić information content (AvgIpc) is 2.34. The monoisotopic (exact) mass is 344 g/mol. The lowest BCUT2D eigenvalue weighted by Gasteiger charge is -2.06. The summed E-state index contributed by atoms with van der Waals surface area (Å²) in [5, 5.41) is 0. The Bertz CT molecular complexity index is 255. The molecular formula is C13H23Cl3O2Si. The summed E-state index contributed by atoms with van der Waals surface area (Å²) in [6.45, 7) is 3.84. The second kappa shape index (κ2) is 12.1. The second-order valence-corrected chi connectivity index (χ2v) is 13.8. The van der Waals surface area contributed by atoms with Crippen LogP contribution in [0.3, 0.4) is 0 Å². The van der Waals surface area contributed by atoms with Crippen LogP contribution in [0.25, 0.3) is 0 Å². The summed E-state index contributed by atoms with van der Waals surface area (Å²) in [7, 11) is 0. The summed E-state index contributed by atoms with van der Waals surface area (Å²) in [4.78, 5) is 10.8. The van der Waals surface area contributed by atoms with Crippen molar-refractivity contribution in [1.29, 1.82) is 0 Å². The summed E-state index contributed by atoms with van der Waals surface area (Å²) < 4.78 is 4.89. The zero-order valence-electron chi connectivity index (χ0n) is 11.3. The highest BCUT2D eigenvalue weighted by Crippen LogP contribution is 2.27. The molecule has 0 fully saturated rings. The number of esters is 1. The molecule has 0 bridgehead atoms. The highest BCUT2D eigenvalue weighted by atomic mass is 35.8. The van der Waals surface area contributed by atoms with Crippen molar-refractivity contribution in [2.75, 3.05) is 6.61 Å². The normalized spacial score (nSPS) is 11.3. The Kier molecular flexibility index (Phi) is 12.3. The summed E-state index contributed by atoms with van der Waals surface area (Å²) >= 11 is 17.4. The van der Waals surface area contributed by atoms with Crippen molar-refractivity contribution in [3.05, 3.63) is 12.7 Å². The molecular weight excluding hydrogens is 323 g/mol. The van der Waals surface area contributed by atoms with E-state index in [2.05, 4.69) is 6.58 Å². The van der Waals surface area contributed by atoms with Crippen LogP contribution in [0.1, 0.15) is 51.4 Å². The van der Waals surface area contributed by atoms with Crippen LogP contribution in [0, 0.1) is 0 Å². The molecule has 0 aliphatic rings. The standard InChI is InChI=1S/C13H23Cl3O2Si/c1-2-13(17)18-11-9-7-5-3-4-6-8-10-12-19(14,15)16/h2H,1,3-12H2. The first kappa shape index (κ1) is 19.3. The Hall–Kier alpha value is 0.297. The fourth-order valence-electron chi connectivity index (χ4n) is 1.72. The van der Waals surface area contributed by atoms with E-state index in [-0.39, 0.29) is 5.97 Å². The fraction of sp³-hybridized carbons (Fsp3) is 0.769. The number of unbranched alkanes of at least 4 members (excludes halogenated alkanes) is 7.